The molecule has 0 fully saturated rings. The van der Waals surface area contributed by atoms with Gasteiger partial charge in [-0.3, -0.25) is 14.7 Å². The van der Waals surface area contributed by atoms with Crippen molar-refractivity contribution in [1.29, 1.82) is 0 Å². The summed E-state index contributed by atoms with van der Waals surface area (Å²) in [4.78, 5) is 10.6. The van der Waals surface area contributed by atoms with E-state index in [9.17, 15) is 0 Å². The number of benzene rings is 3. The van der Waals surface area contributed by atoms with Gasteiger partial charge in [-0.25, -0.2) is 0 Å². The van der Waals surface area contributed by atoms with Crippen LogP contribution < -0.4 is 14.2 Å². The minimum absolute atomic E-state index is 0.632. The van der Waals surface area contributed by atoms with E-state index in [0.29, 0.717) is 20.2 Å². The van der Waals surface area contributed by atoms with Gasteiger partial charge in [-0.15, -0.1) is 0 Å². The highest BCUT2D eigenvalue weighted by molar-refractivity contribution is 8.33. The first-order valence-electron chi connectivity index (χ1n) is 12.0. The first kappa shape index (κ1) is 22.7. The zero-order valence-electron chi connectivity index (χ0n) is 20.9. The molecule has 3 aromatic carbocycles. The summed E-state index contributed by atoms with van der Waals surface area (Å²) in [6.45, 7) is 4.58. The maximum Gasteiger partial charge on any atom is 0.142 e. The Morgan fingerprint density at radius 2 is 0.857 bits per heavy atom. The molecule has 0 aliphatic carbocycles. The molecule has 0 radical (unpaired) electrons. The van der Waals surface area contributed by atoms with E-state index in [2.05, 4.69) is 96.7 Å². The number of hydrogen-bond acceptors (Lipinski definition) is 6. The maximum atomic E-state index is 5.98. The Hall–Kier alpha value is -2.71. The van der Waals surface area contributed by atoms with Crippen molar-refractivity contribution in [3.63, 3.8) is 0 Å². The molecule has 0 atom stereocenters. The van der Waals surface area contributed by atoms with Crippen LogP contribution in [0.15, 0.2) is 69.3 Å². The van der Waals surface area contributed by atoms with Crippen LogP contribution in [0.1, 0.15) is 16.7 Å². The van der Waals surface area contributed by atoms with E-state index in [-0.39, 0.29) is 0 Å². The van der Waals surface area contributed by atoms with Crippen LogP contribution in [0.4, 0.5) is 0 Å². The molecule has 0 aromatic heterocycles. The Balaban J connectivity index is 1.52. The molecule has 3 aromatic rings. The quantitative estimate of drug-likeness (QED) is 0.517. The Morgan fingerprint density at radius 3 is 1.17 bits per heavy atom. The Bertz CT molecular complexity index is 1130. The molecule has 3 aliphatic rings. The molecular weight excluding hydrogens is 458 g/mol. The zero-order valence-corrected chi connectivity index (χ0v) is 21.7. The summed E-state index contributed by atoms with van der Waals surface area (Å²) < 4.78 is 17.9. The molecule has 0 spiro atoms. The van der Waals surface area contributed by atoms with Gasteiger partial charge in [0.2, 0.25) is 0 Å². The lowest BCUT2D eigenvalue weighted by Crippen LogP contribution is -2.28. The maximum absolute atomic E-state index is 5.98. The second kappa shape index (κ2) is 8.75. The van der Waals surface area contributed by atoms with Gasteiger partial charge in [-0.2, -0.15) is 10.0 Å². The molecule has 6 nitrogen and oxygen atoms in total. The number of rotatable bonds is 3. The van der Waals surface area contributed by atoms with Crippen molar-refractivity contribution in [2.45, 2.75) is 34.3 Å². The molecule has 184 valence electrons. The van der Waals surface area contributed by atoms with E-state index >= 15 is 0 Å². The minimum atomic E-state index is -1.55. The normalized spacial score (nSPS) is 19.0. The number of nitrogens with zero attached hydrogens (tertiary/aromatic N) is 3. The van der Waals surface area contributed by atoms with Crippen LogP contribution in [-0.4, -0.2) is 62.3 Å². The van der Waals surface area contributed by atoms with E-state index in [4.69, 9.17) is 14.2 Å². The van der Waals surface area contributed by atoms with Gasteiger partial charge in [0.1, 0.15) is 37.4 Å². The smallest absolute Gasteiger partial charge is 0.142 e. The van der Waals surface area contributed by atoms with E-state index in [0.717, 1.165) is 36.9 Å². The van der Waals surface area contributed by atoms with Gasteiger partial charge in [0.15, 0.2) is 0 Å². The summed E-state index contributed by atoms with van der Waals surface area (Å²) in [5.74, 6) is 2.98. The molecule has 3 heterocycles. The fraction of sp³-hybridized carbons (Fsp3) is 0.357. The van der Waals surface area contributed by atoms with Crippen molar-refractivity contribution in [1.82, 2.24) is 14.7 Å². The summed E-state index contributed by atoms with van der Waals surface area (Å²) in [5, 5.41) is 0. The highest BCUT2D eigenvalue weighted by Crippen LogP contribution is 2.67. The third kappa shape index (κ3) is 4.06. The van der Waals surface area contributed by atoms with Crippen LogP contribution in [-0.2, 0) is 19.6 Å². The summed E-state index contributed by atoms with van der Waals surface area (Å²) in [6.07, 6.45) is 2.42. The Labute approximate surface area is 209 Å². The molecule has 0 saturated heterocycles. The average molecular weight is 492 g/mol. The van der Waals surface area contributed by atoms with Crippen LogP contribution in [0.5, 0.6) is 17.2 Å². The van der Waals surface area contributed by atoms with Gasteiger partial charge in [0, 0.05) is 36.3 Å². The molecule has 0 amide bonds. The second-order valence-corrected chi connectivity index (χ2v) is 13.3. The minimum Gasteiger partial charge on any atom is -0.478 e. The summed E-state index contributed by atoms with van der Waals surface area (Å²) in [7, 11) is 4.75. The summed E-state index contributed by atoms with van der Waals surface area (Å²) in [5.41, 5.74) is 3.74. The largest absolute Gasteiger partial charge is 0.478 e. The first-order chi connectivity index (χ1) is 16.9. The number of ether oxygens (including phenoxy) is 3. The highest BCUT2D eigenvalue weighted by Gasteiger charge is 2.30. The van der Waals surface area contributed by atoms with Gasteiger partial charge in [0.25, 0.3) is 0 Å². The zero-order chi connectivity index (χ0) is 24.2. The lowest BCUT2D eigenvalue weighted by Gasteiger charge is -2.40. The lowest BCUT2D eigenvalue weighted by atomic mass is 10.1. The molecule has 0 bridgehead atoms. The molecule has 0 N–H and O–H groups in total. The van der Waals surface area contributed by atoms with Gasteiger partial charge >= 0.3 is 0 Å². The fourth-order valence-electron chi connectivity index (χ4n) is 5.18. The lowest BCUT2D eigenvalue weighted by molar-refractivity contribution is 0.121. The van der Waals surface area contributed by atoms with Crippen LogP contribution >= 0.6 is 10.0 Å². The molecule has 6 rings (SSSR count). The van der Waals surface area contributed by atoms with Crippen LogP contribution in [0, 0.1) is 0 Å². The van der Waals surface area contributed by atoms with Crippen LogP contribution in [0.3, 0.4) is 0 Å². The van der Waals surface area contributed by atoms with E-state index in [1.54, 1.807) is 0 Å². The van der Waals surface area contributed by atoms with Crippen molar-refractivity contribution >= 4 is 10.0 Å². The predicted octanol–water partition coefficient (Wildman–Crippen LogP) is 4.94. The van der Waals surface area contributed by atoms with Crippen molar-refractivity contribution in [2.75, 3.05) is 47.6 Å². The van der Waals surface area contributed by atoms with Crippen LogP contribution in [0.2, 0.25) is 0 Å². The van der Waals surface area contributed by atoms with E-state index < -0.39 is 10.0 Å². The average Bonchev–Trinajstić information content (AvgIpc) is 2.86. The Morgan fingerprint density at radius 1 is 0.543 bits per heavy atom. The Kier molecular flexibility index (Phi) is 5.68. The van der Waals surface area contributed by atoms with Crippen molar-refractivity contribution < 1.29 is 14.2 Å². The van der Waals surface area contributed by atoms with Crippen molar-refractivity contribution in [3.05, 3.63) is 71.3 Å². The van der Waals surface area contributed by atoms with Gasteiger partial charge in [-0.1, -0.05) is 0 Å². The van der Waals surface area contributed by atoms with Gasteiger partial charge in [0.05, 0.1) is 0 Å². The van der Waals surface area contributed by atoms with Crippen molar-refractivity contribution in [3.8, 4) is 17.2 Å². The summed E-state index contributed by atoms with van der Waals surface area (Å²) >= 11 is 0. The molecule has 35 heavy (non-hydrogen) atoms. The predicted molar refractivity (Wildman–Crippen MR) is 139 cm³/mol. The first-order valence-corrected chi connectivity index (χ1v) is 14.1. The van der Waals surface area contributed by atoms with E-state index in [1.165, 1.54) is 31.4 Å². The van der Waals surface area contributed by atoms with Gasteiger partial charge in [-0.05, 0) is 96.7 Å². The molecule has 3 aliphatic heterocycles. The second-order valence-electron chi connectivity index (χ2n) is 10.1. The van der Waals surface area contributed by atoms with Crippen LogP contribution in [0.25, 0.3) is 0 Å². The SMILES string of the molecule is CN1COc2ccc(S(C)(c3ccc4c(c3)CN(C)CO4)c3ccc4c(c3)CN(C)CO4)cc2C1. The van der Waals surface area contributed by atoms with Crippen molar-refractivity contribution in [2.24, 2.45) is 0 Å². The third-order valence-corrected chi connectivity index (χ3v) is 10.7. The molecule has 7 heteroatoms. The topological polar surface area (TPSA) is 37.4 Å². The summed E-state index contributed by atoms with van der Waals surface area (Å²) in [6, 6.07) is 20.4. The standard InChI is InChI=1S/C28H33N3O3S/c1-29-14-20-11-23(5-8-26(20)32-17-29)35(4,24-6-9-27-21(12-24)15-30(2)18-33-27)25-7-10-28-22(13-25)16-31(3)19-34-28/h5-13H,14-19H2,1-4H3. The highest BCUT2D eigenvalue weighted by atomic mass is 32.3. The molecular formula is C28H33N3O3S. The fourth-order valence-corrected chi connectivity index (χ4v) is 8.15. The number of hydrogen-bond donors (Lipinski definition) is 0. The monoisotopic (exact) mass is 491 g/mol. The number of fused-ring (bicyclic) bond motifs is 3. The molecule has 0 unspecified atom stereocenters. The van der Waals surface area contributed by atoms with E-state index in [1.807, 2.05) is 0 Å². The molecule has 0 saturated carbocycles. The third-order valence-electron chi connectivity index (χ3n) is 7.15. The van der Waals surface area contributed by atoms with Gasteiger partial charge < -0.3 is 14.2 Å².